The molecule has 0 aliphatic heterocycles. The molecular formula is C24H20ClN7O. The molecule has 0 unspecified atom stereocenters. The molecule has 5 aromatic rings. The van der Waals surface area contributed by atoms with Crippen molar-refractivity contribution in [2.75, 3.05) is 5.32 Å². The molecule has 0 bridgehead atoms. The molecule has 3 aromatic heterocycles. The summed E-state index contributed by atoms with van der Waals surface area (Å²) in [6, 6.07) is 17.0. The number of hydrogen-bond donors (Lipinski definition) is 1. The van der Waals surface area contributed by atoms with Crippen LogP contribution in [0.2, 0.25) is 5.02 Å². The van der Waals surface area contributed by atoms with Crippen LogP contribution in [-0.4, -0.2) is 35.4 Å². The summed E-state index contributed by atoms with van der Waals surface area (Å²) in [7, 11) is 0. The molecule has 0 saturated heterocycles. The Kier molecular flexibility index (Phi) is 5.35. The number of nitrogens with one attached hydrogen (secondary N) is 1. The van der Waals surface area contributed by atoms with Crippen LogP contribution in [0.4, 0.5) is 5.82 Å². The second-order valence-electron chi connectivity index (χ2n) is 7.76. The van der Waals surface area contributed by atoms with Gasteiger partial charge >= 0.3 is 0 Å². The molecule has 33 heavy (non-hydrogen) atoms. The first-order chi connectivity index (χ1) is 16.0. The van der Waals surface area contributed by atoms with E-state index in [4.69, 9.17) is 11.6 Å². The van der Waals surface area contributed by atoms with Gasteiger partial charge in [0.2, 0.25) is 5.91 Å². The molecule has 3 heterocycles. The predicted octanol–water partition coefficient (Wildman–Crippen LogP) is 4.45. The summed E-state index contributed by atoms with van der Waals surface area (Å²) in [5.74, 6) is 0.924. The van der Waals surface area contributed by atoms with Crippen molar-refractivity contribution in [3.8, 4) is 11.5 Å². The minimum atomic E-state index is -0.135. The summed E-state index contributed by atoms with van der Waals surface area (Å²) < 4.78 is 3.32. The minimum absolute atomic E-state index is 0.135. The topological polar surface area (TPSA) is 90.5 Å². The van der Waals surface area contributed by atoms with Crippen LogP contribution in [0.5, 0.6) is 0 Å². The van der Waals surface area contributed by atoms with Gasteiger partial charge in [-0.05, 0) is 43.7 Å². The maximum atomic E-state index is 12.8. The van der Waals surface area contributed by atoms with Crippen molar-refractivity contribution in [1.82, 2.24) is 29.5 Å². The molecule has 2 aromatic carbocycles. The third-order valence-electron chi connectivity index (χ3n) is 5.16. The number of nitrogens with zero attached hydrogens (tertiary/aromatic N) is 6. The lowest BCUT2D eigenvalue weighted by Crippen LogP contribution is -2.17. The van der Waals surface area contributed by atoms with E-state index in [0.717, 1.165) is 22.5 Å². The summed E-state index contributed by atoms with van der Waals surface area (Å²) >= 11 is 6.02. The fourth-order valence-corrected chi connectivity index (χ4v) is 3.84. The standard InChI is InChI=1S/C24H20ClN7O/c1-15-4-3-5-17(10-15)12-22(33)29-21-11-16(2)30-32(21)24-20-13-28-31(23(20)26-14-27-24)19-8-6-18(25)7-9-19/h3-11,13-14H,12H2,1-2H3,(H,29,33). The number of aromatic nitrogens is 6. The number of carbonyl (C=O) groups excluding carboxylic acids is 1. The van der Waals surface area contributed by atoms with E-state index in [0.29, 0.717) is 27.7 Å². The summed E-state index contributed by atoms with van der Waals surface area (Å²) in [5.41, 5.74) is 4.25. The molecule has 8 nitrogen and oxygen atoms in total. The summed E-state index contributed by atoms with van der Waals surface area (Å²) in [5, 5.41) is 13.3. The van der Waals surface area contributed by atoms with Gasteiger partial charge < -0.3 is 5.32 Å². The zero-order chi connectivity index (χ0) is 22.9. The van der Waals surface area contributed by atoms with Gasteiger partial charge in [0.1, 0.15) is 12.1 Å². The number of amides is 1. The number of carbonyl (C=O) groups is 1. The lowest BCUT2D eigenvalue weighted by Gasteiger charge is -2.09. The number of aryl methyl sites for hydroxylation is 2. The Morgan fingerprint density at radius 1 is 1.03 bits per heavy atom. The summed E-state index contributed by atoms with van der Waals surface area (Å²) in [6.45, 7) is 3.87. The van der Waals surface area contributed by atoms with Crippen molar-refractivity contribution in [1.29, 1.82) is 0 Å². The highest BCUT2D eigenvalue weighted by molar-refractivity contribution is 6.30. The molecule has 0 saturated carbocycles. The van der Waals surface area contributed by atoms with Gasteiger partial charge in [0.05, 0.1) is 29.4 Å². The molecule has 5 rings (SSSR count). The third kappa shape index (κ3) is 4.20. The Morgan fingerprint density at radius 3 is 2.64 bits per heavy atom. The van der Waals surface area contributed by atoms with E-state index in [9.17, 15) is 4.79 Å². The van der Waals surface area contributed by atoms with Gasteiger partial charge in [-0.3, -0.25) is 4.79 Å². The van der Waals surface area contributed by atoms with Gasteiger partial charge in [0.25, 0.3) is 0 Å². The van der Waals surface area contributed by atoms with E-state index < -0.39 is 0 Å². The molecule has 0 atom stereocenters. The fourth-order valence-electron chi connectivity index (χ4n) is 3.72. The molecule has 9 heteroatoms. The first-order valence-corrected chi connectivity index (χ1v) is 10.7. The Bertz CT molecular complexity index is 1470. The average molecular weight is 458 g/mol. The third-order valence-corrected chi connectivity index (χ3v) is 5.41. The van der Waals surface area contributed by atoms with Crippen LogP contribution in [0.1, 0.15) is 16.8 Å². The van der Waals surface area contributed by atoms with E-state index in [-0.39, 0.29) is 12.3 Å². The number of halogens is 1. The molecular weight excluding hydrogens is 438 g/mol. The Labute approximate surface area is 194 Å². The van der Waals surface area contributed by atoms with Crippen LogP contribution in [0.25, 0.3) is 22.5 Å². The maximum absolute atomic E-state index is 12.8. The predicted molar refractivity (Wildman–Crippen MR) is 127 cm³/mol. The fraction of sp³-hybridized carbons (Fsp3) is 0.125. The van der Waals surface area contributed by atoms with E-state index >= 15 is 0 Å². The molecule has 0 spiro atoms. The minimum Gasteiger partial charge on any atom is -0.310 e. The van der Waals surface area contributed by atoms with Gasteiger partial charge in [0.15, 0.2) is 11.5 Å². The number of anilines is 1. The van der Waals surface area contributed by atoms with Crippen molar-refractivity contribution >= 4 is 34.4 Å². The highest BCUT2D eigenvalue weighted by atomic mass is 35.5. The molecule has 0 aliphatic rings. The van der Waals surface area contributed by atoms with Gasteiger partial charge in [-0.2, -0.15) is 14.9 Å². The van der Waals surface area contributed by atoms with Crippen LogP contribution < -0.4 is 5.32 Å². The van der Waals surface area contributed by atoms with Crippen molar-refractivity contribution in [2.45, 2.75) is 20.3 Å². The SMILES string of the molecule is Cc1cccc(CC(=O)Nc2cc(C)nn2-c2ncnc3c2cnn3-c2ccc(Cl)cc2)c1. The highest BCUT2D eigenvalue weighted by Crippen LogP contribution is 2.24. The average Bonchev–Trinajstić information content (AvgIpc) is 3.37. The lowest BCUT2D eigenvalue weighted by molar-refractivity contribution is -0.115. The van der Waals surface area contributed by atoms with Crippen molar-refractivity contribution in [2.24, 2.45) is 0 Å². The number of hydrogen-bond acceptors (Lipinski definition) is 5. The smallest absolute Gasteiger partial charge is 0.229 e. The largest absolute Gasteiger partial charge is 0.310 e. The Hall–Kier alpha value is -4.04. The van der Waals surface area contributed by atoms with Crippen LogP contribution in [0.15, 0.2) is 67.1 Å². The lowest BCUT2D eigenvalue weighted by atomic mass is 10.1. The second-order valence-corrected chi connectivity index (χ2v) is 8.20. The molecule has 1 N–H and O–H groups in total. The van der Waals surface area contributed by atoms with Crippen LogP contribution >= 0.6 is 11.6 Å². The number of fused-ring (bicyclic) bond motifs is 1. The van der Waals surface area contributed by atoms with Gasteiger partial charge in [-0.25, -0.2) is 14.6 Å². The van der Waals surface area contributed by atoms with Gasteiger partial charge in [-0.15, -0.1) is 0 Å². The second kappa shape index (κ2) is 8.48. The zero-order valence-electron chi connectivity index (χ0n) is 18.0. The number of benzene rings is 2. The highest BCUT2D eigenvalue weighted by Gasteiger charge is 2.18. The van der Waals surface area contributed by atoms with Crippen LogP contribution in [0.3, 0.4) is 0 Å². The normalized spacial score (nSPS) is 11.1. The molecule has 0 fully saturated rings. The maximum Gasteiger partial charge on any atom is 0.229 e. The zero-order valence-corrected chi connectivity index (χ0v) is 18.8. The Morgan fingerprint density at radius 2 is 1.85 bits per heavy atom. The van der Waals surface area contributed by atoms with Crippen molar-refractivity contribution < 1.29 is 4.79 Å². The first-order valence-electron chi connectivity index (χ1n) is 10.3. The van der Waals surface area contributed by atoms with E-state index in [1.54, 1.807) is 27.7 Å². The van der Waals surface area contributed by atoms with Gasteiger partial charge in [0, 0.05) is 11.1 Å². The van der Waals surface area contributed by atoms with E-state index in [1.165, 1.54) is 6.33 Å². The van der Waals surface area contributed by atoms with Crippen molar-refractivity contribution in [3.05, 3.63) is 89.0 Å². The Balaban J connectivity index is 1.49. The summed E-state index contributed by atoms with van der Waals surface area (Å²) in [6.07, 6.45) is 3.41. The van der Waals surface area contributed by atoms with Crippen LogP contribution in [0, 0.1) is 13.8 Å². The van der Waals surface area contributed by atoms with E-state index in [1.807, 2.05) is 56.3 Å². The monoisotopic (exact) mass is 457 g/mol. The summed E-state index contributed by atoms with van der Waals surface area (Å²) in [4.78, 5) is 21.6. The van der Waals surface area contributed by atoms with Crippen molar-refractivity contribution in [3.63, 3.8) is 0 Å². The number of rotatable bonds is 5. The molecule has 1 amide bonds. The molecule has 0 aliphatic carbocycles. The van der Waals surface area contributed by atoms with Crippen LogP contribution in [-0.2, 0) is 11.2 Å². The quantitative estimate of drug-likeness (QED) is 0.421. The molecule has 0 radical (unpaired) electrons. The first kappa shape index (κ1) is 20.8. The van der Waals surface area contributed by atoms with E-state index in [2.05, 4.69) is 25.5 Å². The molecule has 164 valence electrons. The van der Waals surface area contributed by atoms with Gasteiger partial charge in [-0.1, -0.05) is 41.4 Å².